The number of rotatable bonds is 5. The van der Waals surface area contributed by atoms with Crippen LogP contribution in [0.5, 0.6) is 5.75 Å². The maximum absolute atomic E-state index is 10.6. The number of carbonyl (C=O) groups is 1. The summed E-state index contributed by atoms with van der Waals surface area (Å²) < 4.78 is 11.3. The largest absolute Gasteiger partial charge is 0.493 e. The Morgan fingerprint density at radius 3 is 2.72 bits per heavy atom. The van der Waals surface area contributed by atoms with E-state index in [9.17, 15) is 4.79 Å². The van der Waals surface area contributed by atoms with Crippen molar-refractivity contribution in [3.8, 4) is 5.75 Å². The first-order chi connectivity index (χ1) is 8.65. The third kappa shape index (κ3) is 3.33. The van der Waals surface area contributed by atoms with Gasteiger partial charge in [0.1, 0.15) is 11.5 Å². The van der Waals surface area contributed by atoms with Crippen molar-refractivity contribution >= 4 is 21.9 Å². The van der Waals surface area contributed by atoms with Crippen LogP contribution in [0.1, 0.15) is 16.2 Å². The van der Waals surface area contributed by atoms with Crippen LogP contribution < -0.4 is 4.74 Å². The van der Waals surface area contributed by atoms with E-state index in [0.29, 0.717) is 18.8 Å². The highest BCUT2D eigenvalue weighted by Crippen LogP contribution is 2.16. The monoisotopic (exact) mass is 311 g/mol. The van der Waals surface area contributed by atoms with Gasteiger partial charge in [-0.05, 0) is 24.3 Å². The lowest BCUT2D eigenvalue weighted by Crippen LogP contribution is -2.00. The number of ether oxygens (including phenoxy) is 1. The van der Waals surface area contributed by atoms with Crippen LogP contribution in [0.25, 0.3) is 0 Å². The molecule has 0 spiro atoms. The number of hydrogen-bond acceptors (Lipinski definition) is 4. The summed E-state index contributed by atoms with van der Waals surface area (Å²) >= 11 is 3.33. The number of nitrogens with zero attached hydrogens (tertiary/aromatic N) is 1. The van der Waals surface area contributed by atoms with Gasteiger partial charge in [0.25, 0.3) is 0 Å². The number of aromatic nitrogens is 1. The SMILES string of the molecule is O=C(O)c1cc(CCOc2ccc(Br)cc2)on1. The number of carboxylic acid groups (broad SMARTS) is 1. The molecule has 0 atom stereocenters. The van der Waals surface area contributed by atoms with Crippen LogP contribution >= 0.6 is 15.9 Å². The summed E-state index contributed by atoms with van der Waals surface area (Å²) in [5.74, 6) is 0.138. The fourth-order valence-electron chi connectivity index (χ4n) is 1.33. The van der Waals surface area contributed by atoms with Crippen LogP contribution in [0.2, 0.25) is 0 Å². The van der Waals surface area contributed by atoms with Gasteiger partial charge in [0.15, 0.2) is 5.69 Å². The number of hydrogen-bond donors (Lipinski definition) is 1. The quantitative estimate of drug-likeness (QED) is 0.919. The lowest BCUT2D eigenvalue weighted by Gasteiger charge is -2.04. The van der Waals surface area contributed by atoms with E-state index in [2.05, 4.69) is 21.1 Å². The van der Waals surface area contributed by atoms with Crippen LogP contribution in [-0.4, -0.2) is 22.8 Å². The zero-order chi connectivity index (χ0) is 13.0. The van der Waals surface area contributed by atoms with Gasteiger partial charge in [-0.25, -0.2) is 4.79 Å². The zero-order valence-electron chi connectivity index (χ0n) is 9.30. The Labute approximate surface area is 111 Å². The molecule has 2 rings (SSSR count). The Morgan fingerprint density at radius 1 is 1.39 bits per heavy atom. The smallest absolute Gasteiger partial charge is 0.358 e. The van der Waals surface area contributed by atoms with Crippen molar-refractivity contribution in [1.29, 1.82) is 0 Å². The summed E-state index contributed by atoms with van der Waals surface area (Å²) in [5, 5.41) is 12.1. The molecule has 94 valence electrons. The van der Waals surface area contributed by atoms with Crippen molar-refractivity contribution in [3.05, 3.63) is 46.3 Å². The molecule has 18 heavy (non-hydrogen) atoms. The highest BCUT2D eigenvalue weighted by molar-refractivity contribution is 9.10. The van der Waals surface area contributed by atoms with E-state index < -0.39 is 5.97 Å². The van der Waals surface area contributed by atoms with Gasteiger partial charge in [0.2, 0.25) is 0 Å². The van der Waals surface area contributed by atoms with E-state index in [0.717, 1.165) is 10.2 Å². The first-order valence-corrected chi connectivity index (χ1v) is 6.02. The van der Waals surface area contributed by atoms with Gasteiger partial charge in [0, 0.05) is 17.0 Å². The van der Waals surface area contributed by atoms with E-state index in [1.165, 1.54) is 6.07 Å². The maximum atomic E-state index is 10.6. The van der Waals surface area contributed by atoms with Gasteiger partial charge >= 0.3 is 5.97 Å². The molecule has 1 aromatic heterocycles. The van der Waals surface area contributed by atoms with Gasteiger partial charge in [-0.15, -0.1) is 0 Å². The molecular weight excluding hydrogens is 302 g/mol. The van der Waals surface area contributed by atoms with Crippen molar-refractivity contribution < 1.29 is 19.2 Å². The molecule has 6 heteroatoms. The summed E-state index contributed by atoms with van der Waals surface area (Å²) in [7, 11) is 0. The third-order valence-corrected chi connectivity index (χ3v) is 2.74. The predicted octanol–water partition coefficient (Wildman–Crippen LogP) is 2.76. The Hall–Kier alpha value is -1.82. The fraction of sp³-hybridized carbons (Fsp3) is 0.167. The molecule has 1 N–H and O–H groups in total. The highest BCUT2D eigenvalue weighted by atomic mass is 79.9. The first kappa shape index (κ1) is 12.6. The average Bonchev–Trinajstić information content (AvgIpc) is 2.81. The first-order valence-electron chi connectivity index (χ1n) is 5.22. The van der Waals surface area contributed by atoms with Gasteiger partial charge in [0.05, 0.1) is 6.61 Å². The minimum absolute atomic E-state index is 0.0892. The number of aromatic carboxylic acids is 1. The van der Waals surface area contributed by atoms with Crippen molar-refractivity contribution in [2.75, 3.05) is 6.61 Å². The molecule has 5 nitrogen and oxygen atoms in total. The second-order valence-electron chi connectivity index (χ2n) is 3.54. The van der Waals surface area contributed by atoms with Crippen molar-refractivity contribution in [1.82, 2.24) is 5.16 Å². The normalized spacial score (nSPS) is 10.3. The molecule has 0 radical (unpaired) electrons. The number of benzene rings is 1. The number of halogens is 1. The summed E-state index contributed by atoms with van der Waals surface area (Å²) in [6.45, 7) is 0.399. The maximum Gasteiger partial charge on any atom is 0.358 e. The second-order valence-corrected chi connectivity index (χ2v) is 4.45. The minimum Gasteiger partial charge on any atom is -0.493 e. The zero-order valence-corrected chi connectivity index (χ0v) is 10.9. The second kappa shape index (κ2) is 5.68. The molecular formula is C12H10BrNO4. The lowest BCUT2D eigenvalue weighted by atomic mass is 10.3. The highest BCUT2D eigenvalue weighted by Gasteiger charge is 2.10. The van der Waals surface area contributed by atoms with Crippen molar-refractivity contribution in [3.63, 3.8) is 0 Å². The molecule has 0 bridgehead atoms. The van der Waals surface area contributed by atoms with E-state index in [1.807, 2.05) is 24.3 Å². The van der Waals surface area contributed by atoms with E-state index >= 15 is 0 Å². The predicted molar refractivity (Wildman–Crippen MR) is 66.8 cm³/mol. The molecule has 2 aromatic rings. The fourth-order valence-corrected chi connectivity index (χ4v) is 1.60. The molecule has 1 aromatic carbocycles. The van der Waals surface area contributed by atoms with Crippen LogP contribution in [0.15, 0.2) is 39.3 Å². The van der Waals surface area contributed by atoms with Gasteiger partial charge < -0.3 is 14.4 Å². The van der Waals surface area contributed by atoms with Gasteiger partial charge in [-0.3, -0.25) is 0 Å². The van der Waals surface area contributed by atoms with Crippen LogP contribution in [-0.2, 0) is 6.42 Å². The van der Waals surface area contributed by atoms with Crippen molar-refractivity contribution in [2.45, 2.75) is 6.42 Å². The van der Waals surface area contributed by atoms with E-state index in [4.69, 9.17) is 14.4 Å². The summed E-state index contributed by atoms with van der Waals surface area (Å²) in [5.41, 5.74) is -0.0892. The average molecular weight is 312 g/mol. The Bertz CT molecular complexity index is 535. The molecule has 0 aliphatic heterocycles. The summed E-state index contributed by atoms with van der Waals surface area (Å²) in [6, 6.07) is 8.84. The van der Waals surface area contributed by atoms with Crippen LogP contribution in [0.3, 0.4) is 0 Å². The molecule has 0 aliphatic rings. The molecule has 0 amide bonds. The third-order valence-electron chi connectivity index (χ3n) is 2.21. The van der Waals surface area contributed by atoms with Gasteiger partial charge in [-0.2, -0.15) is 0 Å². The molecule has 1 heterocycles. The standard InChI is InChI=1S/C12H10BrNO4/c13-8-1-3-9(4-2-8)17-6-5-10-7-11(12(15)16)14-18-10/h1-4,7H,5-6H2,(H,15,16). The molecule has 0 fully saturated rings. The lowest BCUT2D eigenvalue weighted by molar-refractivity contribution is 0.0685. The Balaban J connectivity index is 1.84. The minimum atomic E-state index is -1.10. The Morgan fingerprint density at radius 2 is 2.11 bits per heavy atom. The molecule has 0 aliphatic carbocycles. The van der Waals surface area contributed by atoms with E-state index in [1.54, 1.807) is 0 Å². The summed E-state index contributed by atoms with van der Waals surface area (Å²) in [6.07, 6.45) is 0.469. The summed E-state index contributed by atoms with van der Waals surface area (Å²) in [4.78, 5) is 10.6. The van der Waals surface area contributed by atoms with Crippen LogP contribution in [0, 0.1) is 0 Å². The topological polar surface area (TPSA) is 72.6 Å². The Kier molecular flexibility index (Phi) is 3.99. The van der Waals surface area contributed by atoms with E-state index in [-0.39, 0.29) is 5.69 Å². The molecule has 0 saturated carbocycles. The van der Waals surface area contributed by atoms with Crippen LogP contribution in [0.4, 0.5) is 0 Å². The number of carboxylic acids is 1. The molecule has 0 saturated heterocycles. The molecule has 0 unspecified atom stereocenters. The van der Waals surface area contributed by atoms with Crippen molar-refractivity contribution in [2.24, 2.45) is 0 Å². The van der Waals surface area contributed by atoms with Gasteiger partial charge in [-0.1, -0.05) is 21.1 Å².